The minimum atomic E-state index is -0.807. The lowest BCUT2D eigenvalue weighted by molar-refractivity contribution is -0.143. The number of amides is 2. The second kappa shape index (κ2) is 12.6. The summed E-state index contributed by atoms with van der Waals surface area (Å²) in [4.78, 5) is 28.2. The molecule has 0 aliphatic carbocycles. The molecule has 1 atom stereocenters. The fourth-order valence-corrected chi connectivity index (χ4v) is 3.85. The molecule has 8 heteroatoms. The molecule has 0 aromatic heterocycles. The number of carbonyl (C=O) groups is 2. The van der Waals surface area contributed by atoms with E-state index in [4.69, 9.17) is 27.9 Å². The molecule has 0 fully saturated rings. The summed E-state index contributed by atoms with van der Waals surface area (Å²) in [6, 6.07) is 19.0. The highest BCUT2D eigenvalue weighted by Gasteiger charge is 2.31. The van der Waals surface area contributed by atoms with Crippen LogP contribution in [0.4, 0.5) is 4.39 Å². The van der Waals surface area contributed by atoms with Crippen LogP contribution in [-0.4, -0.2) is 35.4 Å². The number of ether oxygens (including phenoxy) is 1. The molecule has 3 aromatic carbocycles. The van der Waals surface area contributed by atoms with E-state index in [1.165, 1.54) is 29.2 Å². The van der Waals surface area contributed by atoms with Crippen LogP contribution < -0.4 is 10.1 Å². The molecule has 0 bridgehead atoms. The maximum atomic E-state index is 13.4. The molecule has 2 amide bonds. The summed E-state index contributed by atoms with van der Waals surface area (Å²) >= 11 is 12.3. The van der Waals surface area contributed by atoms with Crippen molar-refractivity contribution >= 4 is 35.0 Å². The van der Waals surface area contributed by atoms with Gasteiger partial charge in [-0.3, -0.25) is 9.59 Å². The average molecular weight is 517 g/mol. The van der Waals surface area contributed by atoms with Gasteiger partial charge in [0.25, 0.3) is 5.91 Å². The van der Waals surface area contributed by atoms with Crippen LogP contribution in [0, 0.1) is 5.82 Å². The van der Waals surface area contributed by atoms with E-state index >= 15 is 0 Å². The van der Waals surface area contributed by atoms with Gasteiger partial charge in [0.1, 0.15) is 17.6 Å². The van der Waals surface area contributed by atoms with Gasteiger partial charge in [0, 0.05) is 19.0 Å². The number of benzene rings is 3. The van der Waals surface area contributed by atoms with Gasteiger partial charge in [0.15, 0.2) is 6.61 Å². The molecular formula is C27H27Cl2FN2O3. The van der Waals surface area contributed by atoms with Crippen LogP contribution in [0.2, 0.25) is 10.0 Å². The predicted molar refractivity (Wildman–Crippen MR) is 136 cm³/mol. The van der Waals surface area contributed by atoms with Gasteiger partial charge >= 0.3 is 0 Å². The minimum absolute atomic E-state index is 0.113. The van der Waals surface area contributed by atoms with Crippen molar-refractivity contribution in [2.45, 2.75) is 38.9 Å². The van der Waals surface area contributed by atoms with Gasteiger partial charge < -0.3 is 15.0 Å². The van der Waals surface area contributed by atoms with E-state index in [0.29, 0.717) is 27.8 Å². The molecular weight excluding hydrogens is 490 g/mol. The summed E-state index contributed by atoms with van der Waals surface area (Å²) in [5.41, 5.74) is 1.62. The van der Waals surface area contributed by atoms with Crippen LogP contribution in [0.25, 0.3) is 0 Å². The molecule has 35 heavy (non-hydrogen) atoms. The highest BCUT2D eigenvalue weighted by molar-refractivity contribution is 6.42. The Morgan fingerprint density at radius 2 is 1.63 bits per heavy atom. The number of rotatable bonds is 10. The van der Waals surface area contributed by atoms with E-state index in [1.807, 2.05) is 44.2 Å². The first-order valence-electron chi connectivity index (χ1n) is 11.2. The second-order valence-corrected chi connectivity index (χ2v) is 9.20. The highest BCUT2D eigenvalue weighted by atomic mass is 35.5. The number of carbonyl (C=O) groups excluding carboxylic acids is 2. The van der Waals surface area contributed by atoms with Crippen molar-refractivity contribution in [2.75, 3.05) is 6.61 Å². The number of hydrogen-bond donors (Lipinski definition) is 1. The lowest BCUT2D eigenvalue weighted by Crippen LogP contribution is -2.52. The quantitative estimate of drug-likeness (QED) is 0.377. The third kappa shape index (κ3) is 7.98. The van der Waals surface area contributed by atoms with Crippen LogP contribution in [0.1, 0.15) is 25.0 Å². The monoisotopic (exact) mass is 516 g/mol. The minimum Gasteiger partial charge on any atom is -0.484 e. The average Bonchev–Trinajstić information content (AvgIpc) is 2.83. The highest BCUT2D eigenvalue weighted by Crippen LogP contribution is 2.24. The molecule has 184 valence electrons. The lowest BCUT2D eigenvalue weighted by atomic mass is 10.0. The van der Waals surface area contributed by atoms with Crippen molar-refractivity contribution in [3.63, 3.8) is 0 Å². The Morgan fingerprint density at radius 1 is 0.943 bits per heavy atom. The molecule has 0 spiro atoms. The molecule has 0 heterocycles. The third-order valence-corrected chi connectivity index (χ3v) is 5.95. The first kappa shape index (κ1) is 26.5. The summed E-state index contributed by atoms with van der Waals surface area (Å²) in [6.07, 6.45) is 0.309. The fourth-order valence-electron chi connectivity index (χ4n) is 3.53. The van der Waals surface area contributed by atoms with Crippen molar-refractivity contribution in [1.82, 2.24) is 10.2 Å². The number of nitrogens with one attached hydrogen (secondary N) is 1. The molecule has 0 aliphatic heterocycles. The number of nitrogens with zero attached hydrogens (tertiary/aromatic N) is 1. The van der Waals surface area contributed by atoms with E-state index in [0.717, 1.165) is 5.56 Å². The van der Waals surface area contributed by atoms with Gasteiger partial charge in [-0.1, -0.05) is 59.6 Å². The second-order valence-electron chi connectivity index (χ2n) is 8.38. The Morgan fingerprint density at radius 3 is 2.26 bits per heavy atom. The first-order valence-corrected chi connectivity index (χ1v) is 11.9. The largest absolute Gasteiger partial charge is 0.484 e. The summed E-state index contributed by atoms with van der Waals surface area (Å²) < 4.78 is 18.8. The SMILES string of the molecule is CC(C)NC(=O)[C@@H](Cc1ccccc1)N(Cc1ccc(Cl)c(Cl)c1)C(=O)COc1ccc(F)cc1. The van der Waals surface area contributed by atoms with Crippen LogP contribution in [0.5, 0.6) is 5.75 Å². The van der Waals surface area contributed by atoms with Crippen LogP contribution in [0.3, 0.4) is 0 Å². The van der Waals surface area contributed by atoms with Gasteiger partial charge in [0.05, 0.1) is 10.0 Å². The molecule has 3 aromatic rings. The predicted octanol–water partition coefficient (Wildman–Crippen LogP) is 5.68. The Labute approximate surface area is 214 Å². The number of hydrogen-bond acceptors (Lipinski definition) is 3. The maximum Gasteiger partial charge on any atom is 0.261 e. The summed E-state index contributed by atoms with van der Waals surface area (Å²) in [5.74, 6) is -0.738. The van der Waals surface area contributed by atoms with E-state index in [1.54, 1.807) is 18.2 Å². The van der Waals surface area contributed by atoms with Crippen molar-refractivity contribution < 1.29 is 18.7 Å². The zero-order chi connectivity index (χ0) is 25.4. The Balaban J connectivity index is 1.92. The molecule has 5 nitrogen and oxygen atoms in total. The van der Waals surface area contributed by atoms with Gasteiger partial charge in [-0.2, -0.15) is 0 Å². The summed E-state index contributed by atoms with van der Waals surface area (Å²) in [6.45, 7) is 3.51. The topological polar surface area (TPSA) is 58.6 Å². The van der Waals surface area contributed by atoms with Crippen LogP contribution in [-0.2, 0) is 22.6 Å². The van der Waals surface area contributed by atoms with Crippen molar-refractivity contribution in [1.29, 1.82) is 0 Å². The molecule has 0 unspecified atom stereocenters. The Kier molecular flexibility index (Phi) is 9.52. The van der Waals surface area contributed by atoms with E-state index in [9.17, 15) is 14.0 Å². The molecule has 1 N–H and O–H groups in total. The van der Waals surface area contributed by atoms with E-state index in [2.05, 4.69) is 5.32 Å². The Hall–Kier alpha value is -3.09. The van der Waals surface area contributed by atoms with E-state index < -0.39 is 17.8 Å². The van der Waals surface area contributed by atoms with Gasteiger partial charge in [-0.25, -0.2) is 4.39 Å². The molecule has 0 saturated carbocycles. The third-order valence-electron chi connectivity index (χ3n) is 5.21. The Bertz CT molecular complexity index is 1140. The van der Waals surface area contributed by atoms with Crippen LogP contribution in [0.15, 0.2) is 72.8 Å². The van der Waals surface area contributed by atoms with Crippen molar-refractivity contribution in [2.24, 2.45) is 0 Å². The van der Waals surface area contributed by atoms with Crippen LogP contribution >= 0.6 is 23.2 Å². The molecule has 0 radical (unpaired) electrons. The smallest absolute Gasteiger partial charge is 0.261 e. The van der Waals surface area contributed by atoms with Gasteiger partial charge in [0.2, 0.25) is 5.91 Å². The molecule has 0 aliphatic rings. The summed E-state index contributed by atoms with van der Waals surface area (Å²) in [7, 11) is 0. The maximum absolute atomic E-state index is 13.4. The van der Waals surface area contributed by atoms with Crippen molar-refractivity contribution in [3.05, 3.63) is 99.8 Å². The molecule has 0 saturated heterocycles. The van der Waals surface area contributed by atoms with Gasteiger partial charge in [-0.05, 0) is 61.4 Å². The molecule has 3 rings (SSSR count). The van der Waals surface area contributed by atoms with Gasteiger partial charge in [-0.15, -0.1) is 0 Å². The normalized spacial score (nSPS) is 11.7. The zero-order valence-electron chi connectivity index (χ0n) is 19.5. The first-order chi connectivity index (χ1) is 16.7. The zero-order valence-corrected chi connectivity index (χ0v) is 21.0. The lowest BCUT2D eigenvalue weighted by Gasteiger charge is -2.32. The number of halogens is 3. The van der Waals surface area contributed by atoms with Crippen molar-refractivity contribution in [3.8, 4) is 5.75 Å². The standard InChI is InChI=1S/C27H27Cl2FN2O3/c1-18(2)31-27(34)25(15-19-6-4-3-5-7-19)32(16-20-8-13-23(28)24(29)14-20)26(33)17-35-22-11-9-21(30)10-12-22/h3-14,18,25H,15-17H2,1-2H3,(H,31,34)/t25-/m1/s1. The summed E-state index contributed by atoms with van der Waals surface area (Å²) in [5, 5.41) is 3.67. The van der Waals surface area contributed by atoms with E-state index in [-0.39, 0.29) is 25.1 Å². The fraction of sp³-hybridized carbons (Fsp3) is 0.259.